The van der Waals surface area contributed by atoms with Crippen LogP contribution < -0.4 is 0 Å². The summed E-state index contributed by atoms with van der Waals surface area (Å²) in [6, 6.07) is 0.972. The number of rotatable bonds is 4. The summed E-state index contributed by atoms with van der Waals surface area (Å²) in [6.07, 6.45) is 4.04. The third kappa shape index (κ3) is 1.73. The highest BCUT2D eigenvalue weighted by Gasteiger charge is 2.42. The molecule has 1 aliphatic rings. The van der Waals surface area contributed by atoms with Crippen molar-refractivity contribution >= 4 is 12.2 Å². The van der Waals surface area contributed by atoms with E-state index in [2.05, 4.69) is 32.7 Å². The first-order valence-electron chi connectivity index (χ1n) is 5.52. The normalized spacial score (nSPS) is 30.7. The fourth-order valence-electron chi connectivity index (χ4n) is 2.14. The second-order valence-electron chi connectivity index (χ2n) is 4.31. The van der Waals surface area contributed by atoms with Gasteiger partial charge in [-0.25, -0.2) is 0 Å². The van der Waals surface area contributed by atoms with Gasteiger partial charge in [0.1, 0.15) is 0 Å². The van der Waals surface area contributed by atoms with Gasteiger partial charge in [0.05, 0.1) is 12.1 Å². The third-order valence-corrected chi connectivity index (χ3v) is 3.65. The molecular weight excluding hydrogens is 176 g/mol. The molecule has 1 aliphatic heterocycles. The molecule has 3 heteroatoms. The van der Waals surface area contributed by atoms with Crippen LogP contribution in [0.4, 0.5) is 0 Å². The number of hydrogen-bond donors (Lipinski definition) is 0. The number of nitrogens with zero attached hydrogens (tertiary/aromatic N) is 2. The van der Waals surface area contributed by atoms with Gasteiger partial charge < -0.3 is 0 Å². The fourth-order valence-corrected chi connectivity index (χ4v) is 2.14. The van der Waals surface area contributed by atoms with Crippen LogP contribution in [0.2, 0.25) is 0 Å². The highest BCUT2D eigenvalue weighted by Crippen LogP contribution is 2.24. The van der Waals surface area contributed by atoms with E-state index in [1.807, 2.05) is 6.34 Å². The zero-order valence-electron chi connectivity index (χ0n) is 9.66. The van der Waals surface area contributed by atoms with E-state index in [1.54, 1.807) is 0 Å². The smallest absolute Gasteiger partial charge is 0.269 e. The van der Waals surface area contributed by atoms with Crippen molar-refractivity contribution in [2.24, 2.45) is 4.99 Å². The third-order valence-electron chi connectivity index (χ3n) is 3.65. The predicted octanol–water partition coefficient (Wildman–Crippen LogP) is 1.97. The van der Waals surface area contributed by atoms with Gasteiger partial charge in [-0.05, 0) is 26.7 Å². The maximum atomic E-state index is 11.3. The van der Waals surface area contributed by atoms with Crippen LogP contribution in [0.5, 0.6) is 0 Å². The summed E-state index contributed by atoms with van der Waals surface area (Å²) in [5.74, 6) is 0.0330. The molecule has 0 aromatic heterocycles. The minimum atomic E-state index is 0.0330. The molecule has 0 radical (unpaired) electrons. The minimum absolute atomic E-state index is 0.0330. The first-order valence-corrected chi connectivity index (χ1v) is 5.52. The maximum Gasteiger partial charge on any atom is 0.305 e. The minimum Gasteiger partial charge on any atom is -0.269 e. The number of quaternary nitrogens is 1. The molecule has 0 fully saturated rings. The van der Waals surface area contributed by atoms with Gasteiger partial charge >= 0.3 is 5.91 Å². The molecule has 80 valence electrons. The van der Waals surface area contributed by atoms with Crippen LogP contribution in [0, 0.1) is 0 Å². The quantitative estimate of drug-likeness (QED) is 0.634. The second kappa shape index (κ2) is 4.22. The summed E-state index contributed by atoms with van der Waals surface area (Å²) in [6.45, 7) is 9.31. The zero-order valence-corrected chi connectivity index (χ0v) is 9.66. The first kappa shape index (κ1) is 11.4. The summed E-state index contributed by atoms with van der Waals surface area (Å²) in [5, 5.41) is 0. The van der Waals surface area contributed by atoms with Gasteiger partial charge in [-0.15, -0.1) is 0 Å². The Bertz CT molecular complexity index is 238. The Morgan fingerprint density at radius 2 is 1.86 bits per heavy atom. The Morgan fingerprint density at radius 3 is 2.14 bits per heavy atom. The van der Waals surface area contributed by atoms with Gasteiger partial charge in [0.15, 0.2) is 12.9 Å². The molecule has 0 spiro atoms. The lowest BCUT2D eigenvalue weighted by Gasteiger charge is -2.40. The number of carbonyl (C=O) groups is 1. The average molecular weight is 197 g/mol. The molecule has 0 aliphatic carbocycles. The van der Waals surface area contributed by atoms with Crippen LogP contribution in [-0.2, 0) is 4.79 Å². The van der Waals surface area contributed by atoms with E-state index in [1.165, 1.54) is 0 Å². The molecular formula is C11H21N2O+. The summed E-state index contributed by atoms with van der Waals surface area (Å²) >= 11 is 0. The molecule has 2 unspecified atom stereocenters. The molecule has 0 aromatic carbocycles. The van der Waals surface area contributed by atoms with Gasteiger partial charge in [0.2, 0.25) is 0 Å². The fraction of sp³-hybridized carbons (Fsp3) is 0.818. The van der Waals surface area contributed by atoms with Gasteiger partial charge in [0, 0.05) is 0 Å². The van der Waals surface area contributed by atoms with E-state index >= 15 is 0 Å². The van der Waals surface area contributed by atoms with Crippen LogP contribution in [0.25, 0.3) is 0 Å². The van der Waals surface area contributed by atoms with Crippen LogP contribution in [0.15, 0.2) is 4.99 Å². The van der Waals surface area contributed by atoms with E-state index in [0.717, 1.165) is 17.3 Å². The van der Waals surface area contributed by atoms with E-state index in [4.69, 9.17) is 0 Å². The molecule has 1 amide bonds. The topological polar surface area (TPSA) is 29.4 Å². The van der Waals surface area contributed by atoms with Crippen molar-refractivity contribution in [2.75, 3.05) is 6.54 Å². The maximum absolute atomic E-state index is 11.3. The Labute approximate surface area is 86.4 Å². The van der Waals surface area contributed by atoms with E-state index in [-0.39, 0.29) is 5.91 Å². The lowest BCUT2D eigenvalue weighted by Crippen LogP contribution is -2.57. The molecule has 1 rings (SSSR count). The lowest BCUT2D eigenvalue weighted by molar-refractivity contribution is -0.872. The molecule has 14 heavy (non-hydrogen) atoms. The highest BCUT2D eigenvalue weighted by atomic mass is 16.2. The largest absolute Gasteiger partial charge is 0.305 e. The summed E-state index contributed by atoms with van der Waals surface area (Å²) in [7, 11) is 0. The molecule has 0 N–H and O–H groups in total. The molecule has 1 heterocycles. The monoisotopic (exact) mass is 197 g/mol. The average Bonchev–Trinajstić information content (AvgIpc) is 2.59. The zero-order chi connectivity index (χ0) is 10.8. The second-order valence-corrected chi connectivity index (χ2v) is 4.31. The molecule has 0 aromatic rings. The number of hydrogen-bond acceptors (Lipinski definition) is 1. The lowest BCUT2D eigenvalue weighted by atomic mass is 10.1. The molecule has 2 atom stereocenters. The van der Waals surface area contributed by atoms with Crippen molar-refractivity contribution in [3.63, 3.8) is 0 Å². The molecule has 0 bridgehead atoms. The molecule has 3 nitrogen and oxygen atoms in total. The van der Waals surface area contributed by atoms with Crippen LogP contribution >= 0.6 is 0 Å². The Balaban J connectivity index is 2.92. The van der Waals surface area contributed by atoms with Crippen molar-refractivity contribution in [2.45, 2.75) is 52.6 Å². The number of amides is 1. The Kier molecular flexibility index (Phi) is 3.43. The standard InChI is InChI=1S/C11H21N2O/c1-5-9(3)13(10(4)6-2)7-11(14)12-8-13/h8-10H,5-7H2,1-4H3/q+1. The van der Waals surface area contributed by atoms with Crippen molar-refractivity contribution in [3.8, 4) is 0 Å². The molecule has 0 saturated heterocycles. The summed E-state index contributed by atoms with van der Waals surface area (Å²) < 4.78 is 0.756. The predicted molar refractivity (Wildman–Crippen MR) is 58.1 cm³/mol. The Hall–Kier alpha value is -0.700. The first-order chi connectivity index (χ1) is 6.56. The van der Waals surface area contributed by atoms with Gasteiger partial charge in [-0.2, -0.15) is 4.99 Å². The van der Waals surface area contributed by atoms with Crippen LogP contribution in [0.3, 0.4) is 0 Å². The molecule has 0 saturated carbocycles. The van der Waals surface area contributed by atoms with Crippen molar-refractivity contribution in [1.82, 2.24) is 0 Å². The van der Waals surface area contributed by atoms with Gasteiger partial charge in [0.25, 0.3) is 0 Å². The van der Waals surface area contributed by atoms with Crippen LogP contribution in [-0.4, -0.2) is 35.4 Å². The summed E-state index contributed by atoms with van der Waals surface area (Å²) in [5.41, 5.74) is 0. The van der Waals surface area contributed by atoms with Gasteiger partial charge in [-0.1, -0.05) is 13.8 Å². The van der Waals surface area contributed by atoms with Crippen molar-refractivity contribution in [1.29, 1.82) is 0 Å². The Morgan fingerprint density at radius 1 is 1.36 bits per heavy atom. The van der Waals surface area contributed by atoms with E-state index in [9.17, 15) is 4.79 Å². The number of carbonyl (C=O) groups excluding carboxylic acids is 1. The van der Waals surface area contributed by atoms with E-state index < -0.39 is 0 Å². The summed E-state index contributed by atoms with van der Waals surface area (Å²) in [4.78, 5) is 15.2. The highest BCUT2D eigenvalue weighted by molar-refractivity contribution is 5.88. The number of aliphatic imine (C=N–C) groups is 1. The SMILES string of the molecule is CCC(C)[N+]1(C(C)CC)C=NC(=O)C1. The van der Waals surface area contributed by atoms with Crippen molar-refractivity contribution in [3.05, 3.63) is 0 Å². The van der Waals surface area contributed by atoms with Crippen LogP contribution in [0.1, 0.15) is 40.5 Å². The van der Waals surface area contributed by atoms with Gasteiger partial charge in [-0.3, -0.25) is 9.28 Å². The van der Waals surface area contributed by atoms with Crippen molar-refractivity contribution < 1.29 is 9.28 Å². The van der Waals surface area contributed by atoms with E-state index in [0.29, 0.717) is 18.6 Å².